The molecule has 0 saturated carbocycles. The largest absolute Gasteiger partial charge is 0.481 e. The number of likely N-dealkylation sites (tertiary alicyclic amines) is 1. The van der Waals surface area contributed by atoms with Crippen LogP contribution in [0.5, 0.6) is 0 Å². The van der Waals surface area contributed by atoms with Crippen molar-refractivity contribution in [2.45, 2.75) is 33.2 Å². The fourth-order valence-corrected chi connectivity index (χ4v) is 3.78. The van der Waals surface area contributed by atoms with Crippen LogP contribution in [0.4, 0.5) is 0 Å². The number of aromatic nitrogens is 1. The monoisotopic (exact) mass is 348 g/mol. The van der Waals surface area contributed by atoms with Gasteiger partial charge in [0.05, 0.1) is 5.92 Å². The Morgan fingerprint density at radius 2 is 2.12 bits per heavy atom. The van der Waals surface area contributed by atoms with Crippen LogP contribution in [0.3, 0.4) is 0 Å². The van der Waals surface area contributed by atoms with Gasteiger partial charge < -0.3 is 14.6 Å². The third kappa shape index (κ3) is 2.77. The van der Waals surface area contributed by atoms with Crippen LogP contribution in [0.25, 0.3) is 10.9 Å². The van der Waals surface area contributed by atoms with Crippen molar-refractivity contribution < 1.29 is 14.7 Å². The van der Waals surface area contributed by atoms with Gasteiger partial charge in [0.2, 0.25) is 0 Å². The lowest BCUT2D eigenvalue weighted by molar-refractivity contribution is -0.143. The third-order valence-corrected chi connectivity index (χ3v) is 5.09. The van der Waals surface area contributed by atoms with Crippen molar-refractivity contribution in [3.63, 3.8) is 0 Å². The molecule has 0 aliphatic carbocycles. The highest BCUT2D eigenvalue weighted by Crippen LogP contribution is 2.30. The smallest absolute Gasteiger partial charge is 0.308 e. The predicted octanol–water partition coefficient (Wildman–Crippen LogP) is 3.56. The van der Waals surface area contributed by atoms with E-state index in [1.165, 1.54) is 0 Å². The highest BCUT2D eigenvalue weighted by atomic mass is 35.5. The van der Waals surface area contributed by atoms with E-state index in [1.54, 1.807) is 4.90 Å². The second kappa shape index (κ2) is 6.48. The van der Waals surface area contributed by atoms with Crippen molar-refractivity contribution in [3.8, 4) is 0 Å². The molecule has 2 aromatic rings. The minimum absolute atomic E-state index is 0.0902. The molecule has 0 bridgehead atoms. The molecular weight excluding hydrogens is 328 g/mol. The summed E-state index contributed by atoms with van der Waals surface area (Å²) in [6, 6.07) is 5.64. The fourth-order valence-electron chi connectivity index (χ4n) is 3.61. The van der Waals surface area contributed by atoms with Gasteiger partial charge >= 0.3 is 5.97 Å². The minimum atomic E-state index is -0.827. The molecule has 2 heterocycles. The first-order chi connectivity index (χ1) is 11.4. The Hall–Kier alpha value is -2.01. The van der Waals surface area contributed by atoms with Crippen molar-refractivity contribution in [2.75, 3.05) is 13.1 Å². The molecular formula is C18H21ClN2O3. The maximum Gasteiger partial charge on any atom is 0.308 e. The van der Waals surface area contributed by atoms with E-state index in [-0.39, 0.29) is 12.5 Å². The van der Waals surface area contributed by atoms with E-state index < -0.39 is 11.9 Å². The molecule has 1 saturated heterocycles. The lowest BCUT2D eigenvalue weighted by Crippen LogP contribution is -2.43. The van der Waals surface area contributed by atoms with E-state index in [9.17, 15) is 14.7 Å². The molecule has 5 nitrogen and oxygen atoms in total. The molecule has 1 aliphatic heterocycles. The Labute approximate surface area is 145 Å². The number of piperidine rings is 1. The number of fused-ring (bicyclic) bond motifs is 1. The summed E-state index contributed by atoms with van der Waals surface area (Å²) in [6.45, 7) is 5.48. The Balaban J connectivity index is 2.03. The van der Waals surface area contributed by atoms with E-state index in [4.69, 9.17) is 11.6 Å². The van der Waals surface area contributed by atoms with Crippen LogP contribution >= 0.6 is 11.6 Å². The first-order valence-corrected chi connectivity index (χ1v) is 8.62. The standard InChI is InChI=1S/C18H21ClN2O3/c1-3-21-15-7-6-13(19)9-14(15)11(2)16(21)17(22)20-8-4-5-12(10-20)18(23)24/h6-7,9,12H,3-5,8,10H2,1-2H3,(H,23,24). The molecule has 1 aliphatic rings. The Kier molecular flexibility index (Phi) is 4.54. The van der Waals surface area contributed by atoms with Gasteiger partial charge in [0.25, 0.3) is 5.91 Å². The van der Waals surface area contributed by atoms with E-state index >= 15 is 0 Å². The first kappa shape index (κ1) is 16.8. The number of carboxylic acid groups (broad SMARTS) is 1. The predicted molar refractivity (Wildman–Crippen MR) is 93.6 cm³/mol. The summed E-state index contributed by atoms with van der Waals surface area (Å²) in [5, 5.41) is 10.9. The molecule has 1 amide bonds. The summed E-state index contributed by atoms with van der Waals surface area (Å²) in [5.74, 6) is -1.39. The molecule has 1 atom stereocenters. The molecule has 128 valence electrons. The summed E-state index contributed by atoms with van der Waals surface area (Å²) in [5.41, 5.74) is 2.52. The third-order valence-electron chi connectivity index (χ3n) is 4.86. The maximum absolute atomic E-state index is 13.1. The zero-order valence-electron chi connectivity index (χ0n) is 13.9. The van der Waals surface area contributed by atoms with Crippen LogP contribution in [-0.2, 0) is 11.3 Å². The van der Waals surface area contributed by atoms with Crippen LogP contribution in [0, 0.1) is 12.8 Å². The molecule has 1 N–H and O–H groups in total. The number of benzene rings is 1. The van der Waals surface area contributed by atoms with E-state index in [0.29, 0.717) is 30.2 Å². The van der Waals surface area contributed by atoms with Gasteiger partial charge in [-0.3, -0.25) is 9.59 Å². The van der Waals surface area contributed by atoms with Gasteiger partial charge in [0.1, 0.15) is 5.69 Å². The molecule has 0 radical (unpaired) electrons. The number of hydrogen-bond acceptors (Lipinski definition) is 2. The number of carbonyl (C=O) groups excluding carboxylic acids is 1. The van der Waals surface area contributed by atoms with Gasteiger partial charge in [0.15, 0.2) is 0 Å². The van der Waals surface area contributed by atoms with Gasteiger partial charge in [0, 0.05) is 35.6 Å². The van der Waals surface area contributed by atoms with E-state index in [2.05, 4.69) is 0 Å². The lowest BCUT2D eigenvalue weighted by Gasteiger charge is -2.31. The molecule has 1 unspecified atom stereocenters. The Morgan fingerprint density at radius 3 is 2.79 bits per heavy atom. The highest BCUT2D eigenvalue weighted by Gasteiger charge is 2.31. The van der Waals surface area contributed by atoms with Gasteiger partial charge in [-0.15, -0.1) is 0 Å². The molecule has 1 fully saturated rings. The second-order valence-electron chi connectivity index (χ2n) is 6.31. The van der Waals surface area contributed by atoms with Gasteiger partial charge in [-0.2, -0.15) is 0 Å². The summed E-state index contributed by atoms with van der Waals surface area (Å²) >= 11 is 6.11. The zero-order chi connectivity index (χ0) is 17.4. The number of nitrogens with zero attached hydrogens (tertiary/aromatic N) is 2. The fraction of sp³-hybridized carbons (Fsp3) is 0.444. The highest BCUT2D eigenvalue weighted by molar-refractivity contribution is 6.31. The number of carboxylic acids is 1. The molecule has 3 rings (SSSR count). The normalized spacial score (nSPS) is 18.1. The lowest BCUT2D eigenvalue weighted by atomic mass is 9.98. The van der Waals surface area contributed by atoms with Crippen LogP contribution in [0.2, 0.25) is 5.02 Å². The Bertz CT molecular complexity index is 812. The second-order valence-corrected chi connectivity index (χ2v) is 6.74. The molecule has 6 heteroatoms. The Morgan fingerprint density at radius 1 is 1.38 bits per heavy atom. The number of hydrogen-bond donors (Lipinski definition) is 1. The van der Waals surface area contributed by atoms with Crippen molar-refractivity contribution in [2.24, 2.45) is 5.92 Å². The average molecular weight is 349 g/mol. The zero-order valence-corrected chi connectivity index (χ0v) is 14.6. The molecule has 24 heavy (non-hydrogen) atoms. The van der Waals surface area contributed by atoms with Crippen LogP contribution < -0.4 is 0 Å². The number of rotatable bonds is 3. The van der Waals surface area contributed by atoms with E-state index in [1.807, 2.05) is 36.6 Å². The van der Waals surface area contributed by atoms with Crippen LogP contribution in [0.1, 0.15) is 35.8 Å². The van der Waals surface area contributed by atoms with Crippen LogP contribution in [0.15, 0.2) is 18.2 Å². The van der Waals surface area contributed by atoms with Gasteiger partial charge in [-0.05, 0) is 50.5 Å². The van der Waals surface area contributed by atoms with Crippen LogP contribution in [-0.4, -0.2) is 39.5 Å². The topological polar surface area (TPSA) is 62.5 Å². The van der Waals surface area contributed by atoms with Crippen molar-refractivity contribution >= 4 is 34.4 Å². The van der Waals surface area contributed by atoms with E-state index in [0.717, 1.165) is 22.9 Å². The summed E-state index contributed by atoms with van der Waals surface area (Å²) in [7, 11) is 0. The van der Waals surface area contributed by atoms with Crippen molar-refractivity contribution in [1.29, 1.82) is 0 Å². The summed E-state index contributed by atoms with van der Waals surface area (Å²) < 4.78 is 1.99. The van der Waals surface area contributed by atoms with Gasteiger partial charge in [-0.25, -0.2) is 0 Å². The molecule has 1 aromatic heterocycles. The number of aryl methyl sites for hydroxylation is 2. The van der Waals surface area contributed by atoms with Crippen molar-refractivity contribution in [3.05, 3.63) is 34.5 Å². The summed E-state index contributed by atoms with van der Waals surface area (Å²) in [4.78, 5) is 26.0. The summed E-state index contributed by atoms with van der Waals surface area (Å²) in [6.07, 6.45) is 1.35. The quantitative estimate of drug-likeness (QED) is 0.922. The number of amides is 1. The molecule has 0 spiro atoms. The molecule has 1 aromatic carbocycles. The first-order valence-electron chi connectivity index (χ1n) is 8.24. The SMILES string of the molecule is CCn1c(C(=O)N2CCCC(C(=O)O)C2)c(C)c2cc(Cl)ccc21. The van der Waals surface area contributed by atoms with Gasteiger partial charge in [-0.1, -0.05) is 11.6 Å². The average Bonchev–Trinajstić information content (AvgIpc) is 2.86. The van der Waals surface area contributed by atoms with Crippen molar-refractivity contribution in [1.82, 2.24) is 9.47 Å². The maximum atomic E-state index is 13.1. The minimum Gasteiger partial charge on any atom is -0.481 e. The number of halogens is 1. The number of carbonyl (C=O) groups is 2. The number of aliphatic carboxylic acids is 1.